The Kier molecular flexibility index (Phi) is 3.88. The van der Waals surface area contributed by atoms with Gasteiger partial charge in [0.25, 0.3) is 5.91 Å². The first-order chi connectivity index (χ1) is 9.38. The highest BCUT2D eigenvalue weighted by molar-refractivity contribution is 5.94. The summed E-state index contributed by atoms with van der Waals surface area (Å²) in [6, 6.07) is 9.20. The van der Waals surface area contributed by atoms with Crippen LogP contribution in [0.4, 0.5) is 0 Å². The molecule has 1 aromatic heterocycles. The molecule has 0 aliphatic heterocycles. The van der Waals surface area contributed by atoms with Gasteiger partial charge in [0, 0.05) is 18.0 Å². The number of benzene rings is 1. The molecule has 0 saturated heterocycles. The average molecular weight is 273 g/mol. The zero-order valence-corrected chi connectivity index (χ0v) is 12.3. The van der Waals surface area contributed by atoms with Crippen LogP contribution in [0.2, 0.25) is 0 Å². The molecule has 0 fully saturated rings. The van der Waals surface area contributed by atoms with Crippen LogP contribution < -0.4 is 0 Å². The van der Waals surface area contributed by atoms with E-state index in [9.17, 15) is 4.79 Å². The second kappa shape index (κ2) is 5.45. The monoisotopic (exact) mass is 273 g/mol. The molecule has 0 saturated carbocycles. The Bertz CT molecular complexity index is 585. The minimum atomic E-state index is -0.338. The Hall–Kier alpha value is -2.17. The van der Waals surface area contributed by atoms with Crippen LogP contribution in [0.1, 0.15) is 42.9 Å². The molecule has 0 unspecified atom stereocenters. The lowest BCUT2D eigenvalue weighted by molar-refractivity contribution is 0.0532. The molecular formula is C15H19N3O2. The topological polar surface area (TPSA) is 59.2 Å². The molecule has 106 valence electrons. The van der Waals surface area contributed by atoms with Crippen molar-refractivity contribution in [3.63, 3.8) is 0 Å². The summed E-state index contributed by atoms with van der Waals surface area (Å²) in [6.07, 6.45) is 0. The van der Waals surface area contributed by atoms with Crippen LogP contribution in [0, 0.1) is 6.92 Å². The minimum Gasteiger partial charge on any atom is -0.424 e. The fourth-order valence-electron chi connectivity index (χ4n) is 1.89. The molecule has 5 heteroatoms. The third-order valence-corrected chi connectivity index (χ3v) is 2.94. The summed E-state index contributed by atoms with van der Waals surface area (Å²) in [4.78, 5) is 14.4. The fourth-order valence-corrected chi connectivity index (χ4v) is 1.89. The van der Waals surface area contributed by atoms with Crippen molar-refractivity contribution in [2.75, 3.05) is 0 Å². The van der Waals surface area contributed by atoms with Gasteiger partial charge in [-0.25, -0.2) is 0 Å². The summed E-state index contributed by atoms with van der Waals surface area (Å²) in [5.74, 6) is 0.900. The maximum absolute atomic E-state index is 12.6. The molecule has 1 amide bonds. The van der Waals surface area contributed by atoms with E-state index in [1.165, 1.54) is 0 Å². The second-order valence-corrected chi connectivity index (χ2v) is 5.64. The number of rotatable bonds is 3. The summed E-state index contributed by atoms with van der Waals surface area (Å²) in [7, 11) is 0. The first-order valence-electron chi connectivity index (χ1n) is 6.54. The number of hydrogen-bond acceptors (Lipinski definition) is 4. The van der Waals surface area contributed by atoms with Crippen LogP contribution in [0.3, 0.4) is 0 Å². The van der Waals surface area contributed by atoms with Crippen molar-refractivity contribution in [2.45, 2.75) is 39.8 Å². The lowest BCUT2D eigenvalue weighted by Gasteiger charge is -2.34. The number of amides is 1. The number of carbonyl (C=O) groups is 1. The van der Waals surface area contributed by atoms with Gasteiger partial charge in [0.05, 0.1) is 6.54 Å². The van der Waals surface area contributed by atoms with E-state index in [2.05, 4.69) is 10.2 Å². The molecule has 0 atom stereocenters. The second-order valence-electron chi connectivity index (χ2n) is 5.64. The predicted molar refractivity (Wildman–Crippen MR) is 75.1 cm³/mol. The molecule has 0 aliphatic carbocycles. The molecule has 0 aliphatic rings. The van der Waals surface area contributed by atoms with E-state index in [0.29, 0.717) is 23.9 Å². The van der Waals surface area contributed by atoms with E-state index in [1.807, 2.05) is 39.0 Å². The summed E-state index contributed by atoms with van der Waals surface area (Å²) in [5.41, 5.74) is 0.314. The predicted octanol–water partition coefficient (Wildman–Crippen LogP) is 2.82. The van der Waals surface area contributed by atoms with Crippen LogP contribution in [0.15, 0.2) is 34.7 Å². The lowest BCUT2D eigenvalue weighted by Crippen LogP contribution is -2.45. The SMILES string of the molecule is Cc1nnc(CN(C(=O)c2ccccc2)C(C)(C)C)o1. The van der Waals surface area contributed by atoms with Gasteiger partial charge in [-0.15, -0.1) is 10.2 Å². The first kappa shape index (κ1) is 14.2. The Balaban J connectivity index is 2.27. The largest absolute Gasteiger partial charge is 0.424 e. The number of carbonyl (C=O) groups excluding carboxylic acids is 1. The van der Waals surface area contributed by atoms with E-state index in [0.717, 1.165) is 0 Å². The number of hydrogen-bond donors (Lipinski definition) is 0. The van der Waals surface area contributed by atoms with E-state index in [-0.39, 0.29) is 11.4 Å². The zero-order valence-electron chi connectivity index (χ0n) is 12.3. The Morgan fingerprint density at radius 2 is 1.85 bits per heavy atom. The van der Waals surface area contributed by atoms with Gasteiger partial charge in [0.2, 0.25) is 11.8 Å². The van der Waals surface area contributed by atoms with Crippen LogP contribution in [-0.4, -0.2) is 26.5 Å². The van der Waals surface area contributed by atoms with Crippen LogP contribution >= 0.6 is 0 Å². The summed E-state index contributed by atoms with van der Waals surface area (Å²) in [6.45, 7) is 7.99. The Labute approximate surface area is 118 Å². The quantitative estimate of drug-likeness (QED) is 0.862. The Morgan fingerprint density at radius 1 is 1.20 bits per heavy atom. The number of aryl methyl sites for hydroxylation is 1. The van der Waals surface area contributed by atoms with E-state index >= 15 is 0 Å². The molecule has 0 spiro atoms. The third kappa shape index (κ3) is 3.23. The maximum atomic E-state index is 12.6. The van der Waals surface area contributed by atoms with Gasteiger partial charge in [-0.1, -0.05) is 18.2 Å². The molecule has 20 heavy (non-hydrogen) atoms. The van der Waals surface area contributed by atoms with Crippen molar-refractivity contribution in [2.24, 2.45) is 0 Å². The highest BCUT2D eigenvalue weighted by atomic mass is 16.4. The minimum absolute atomic E-state index is 0.0473. The molecule has 1 heterocycles. The van der Waals surface area contributed by atoms with Crippen molar-refractivity contribution < 1.29 is 9.21 Å². The van der Waals surface area contributed by atoms with Crippen molar-refractivity contribution in [3.05, 3.63) is 47.7 Å². The highest BCUT2D eigenvalue weighted by Gasteiger charge is 2.28. The molecule has 0 radical (unpaired) electrons. The fraction of sp³-hybridized carbons (Fsp3) is 0.400. The van der Waals surface area contributed by atoms with E-state index in [4.69, 9.17) is 4.42 Å². The molecule has 0 N–H and O–H groups in total. The van der Waals surface area contributed by atoms with Gasteiger partial charge >= 0.3 is 0 Å². The lowest BCUT2D eigenvalue weighted by atomic mass is 10.0. The molecule has 1 aromatic carbocycles. The van der Waals surface area contributed by atoms with Gasteiger partial charge in [-0.05, 0) is 32.9 Å². The van der Waals surface area contributed by atoms with Crippen molar-refractivity contribution in [3.8, 4) is 0 Å². The van der Waals surface area contributed by atoms with Crippen molar-refractivity contribution >= 4 is 5.91 Å². The summed E-state index contributed by atoms with van der Waals surface area (Å²) < 4.78 is 5.38. The van der Waals surface area contributed by atoms with Gasteiger partial charge in [0.15, 0.2) is 0 Å². The average Bonchev–Trinajstić information content (AvgIpc) is 2.81. The molecule has 2 aromatic rings. The Morgan fingerprint density at radius 3 is 2.35 bits per heavy atom. The zero-order chi connectivity index (χ0) is 14.8. The maximum Gasteiger partial charge on any atom is 0.254 e. The first-order valence-corrected chi connectivity index (χ1v) is 6.54. The van der Waals surface area contributed by atoms with Crippen LogP contribution in [0.5, 0.6) is 0 Å². The van der Waals surface area contributed by atoms with E-state index in [1.54, 1.807) is 24.0 Å². The third-order valence-electron chi connectivity index (χ3n) is 2.94. The number of nitrogens with zero attached hydrogens (tertiary/aromatic N) is 3. The van der Waals surface area contributed by atoms with Gasteiger partial charge < -0.3 is 9.32 Å². The molecule has 2 rings (SSSR count). The van der Waals surface area contributed by atoms with Crippen molar-refractivity contribution in [1.29, 1.82) is 0 Å². The smallest absolute Gasteiger partial charge is 0.254 e. The van der Waals surface area contributed by atoms with Crippen LogP contribution in [-0.2, 0) is 6.54 Å². The van der Waals surface area contributed by atoms with Gasteiger partial charge in [0.1, 0.15) is 0 Å². The van der Waals surface area contributed by atoms with Gasteiger partial charge in [-0.2, -0.15) is 0 Å². The normalized spacial score (nSPS) is 11.4. The van der Waals surface area contributed by atoms with Gasteiger partial charge in [-0.3, -0.25) is 4.79 Å². The molecule has 0 bridgehead atoms. The molecule has 5 nitrogen and oxygen atoms in total. The summed E-state index contributed by atoms with van der Waals surface area (Å²) in [5, 5.41) is 7.76. The van der Waals surface area contributed by atoms with E-state index < -0.39 is 0 Å². The molecular weight excluding hydrogens is 254 g/mol. The van der Waals surface area contributed by atoms with Crippen molar-refractivity contribution in [1.82, 2.24) is 15.1 Å². The van der Waals surface area contributed by atoms with Crippen LogP contribution in [0.25, 0.3) is 0 Å². The highest BCUT2D eigenvalue weighted by Crippen LogP contribution is 2.20. The summed E-state index contributed by atoms with van der Waals surface area (Å²) >= 11 is 0. The standard InChI is InChI=1S/C15H19N3O2/c1-11-16-17-13(20-11)10-18(15(2,3)4)14(19)12-8-6-5-7-9-12/h5-9H,10H2,1-4H3. The number of aromatic nitrogens is 2.